The number of nitrogens with zero attached hydrogens (tertiary/aromatic N) is 3. The van der Waals surface area contributed by atoms with Gasteiger partial charge < -0.3 is 20.4 Å². The summed E-state index contributed by atoms with van der Waals surface area (Å²) in [6.45, 7) is 6.01. The summed E-state index contributed by atoms with van der Waals surface area (Å²) in [6, 6.07) is 7.64. The maximum atomic E-state index is 11.9. The van der Waals surface area contributed by atoms with Crippen LogP contribution in [0.15, 0.2) is 48.8 Å². The summed E-state index contributed by atoms with van der Waals surface area (Å²) >= 11 is 0. The molecular formula is C22H23N5O2. The molecule has 0 atom stereocenters. The van der Waals surface area contributed by atoms with Crippen LogP contribution in [0, 0.1) is 0 Å². The minimum atomic E-state index is -0.202. The molecule has 0 unspecified atom stereocenters. The molecule has 29 heavy (non-hydrogen) atoms. The second kappa shape index (κ2) is 7.43. The molecule has 0 aliphatic carbocycles. The van der Waals surface area contributed by atoms with Crippen molar-refractivity contribution in [3.8, 4) is 11.3 Å². The molecule has 3 aromatic rings. The van der Waals surface area contributed by atoms with Crippen LogP contribution in [0.1, 0.15) is 25.3 Å². The van der Waals surface area contributed by atoms with E-state index in [1.807, 2.05) is 35.9 Å². The van der Waals surface area contributed by atoms with Gasteiger partial charge in [0, 0.05) is 18.3 Å². The van der Waals surface area contributed by atoms with Crippen molar-refractivity contribution in [2.45, 2.75) is 19.8 Å². The predicted octanol–water partition coefficient (Wildman–Crippen LogP) is 3.88. The number of benzene rings is 1. The summed E-state index contributed by atoms with van der Waals surface area (Å²) in [5.41, 5.74) is 10.9. The molecule has 0 bridgehead atoms. The minimum absolute atomic E-state index is 0.202. The molecule has 1 aliphatic heterocycles. The number of nitrogens with two attached hydrogens (primary N) is 1. The van der Waals surface area contributed by atoms with E-state index in [0.29, 0.717) is 23.7 Å². The monoisotopic (exact) mass is 389 g/mol. The van der Waals surface area contributed by atoms with Gasteiger partial charge in [-0.25, -0.2) is 9.97 Å². The van der Waals surface area contributed by atoms with E-state index in [9.17, 15) is 4.79 Å². The van der Waals surface area contributed by atoms with E-state index >= 15 is 0 Å². The standard InChI is InChI=1S/C22H23N5O2/c1-13(2)22(28)26-15-9-7-14(8-10-15)19-17(16-6-4-5-11-29-16)18-20(23)24-12-25-21(18)27(19)3/h6-10,12H,1,4-5,11H2,2-3H3,(H,26,28)(H2,23,24,25). The van der Waals surface area contributed by atoms with Crippen molar-refractivity contribution in [1.29, 1.82) is 0 Å². The third kappa shape index (κ3) is 3.35. The second-order valence-electron chi connectivity index (χ2n) is 7.11. The highest BCUT2D eigenvalue weighted by Gasteiger charge is 2.24. The Morgan fingerprint density at radius 2 is 2.03 bits per heavy atom. The highest BCUT2D eigenvalue weighted by molar-refractivity contribution is 6.04. The first-order valence-electron chi connectivity index (χ1n) is 9.47. The number of hydrogen-bond donors (Lipinski definition) is 2. The average Bonchev–Trinajstić information content (AvgIpc) is 3.03. The van der Waals surface area contributed by atoms with E-state index < -0.39 is 0 Å². The normalized spacial score (nSPS) is 13.7. The van der Waals surface area contributed by atoms with E-state index in [-0.39, 0.29) is 5.91 Å². The second-order valence-corrected chi connectivity index (χ2v) is 7.11. The van der Waals surface area contributed by atoms with Gasteiger partial charge in [-0.05, 0) is 43.5 Å². The lowest BCUT2D eigenvalue weighted by molar-refractivity contribution is -0.112. The summed E-state index contributed by atoms with van der Waals surface area (Å²) in [7, 11) is 1.95. The predicted molar refractivity (Wildman–Crippen MR) is 115 cm³/mol. The molecule has 1 aliphatic rings. The van der Waals surface area contributed by atoms with Crippen LogP contribution >= 0.6 is 0 Å². The molecule has 0 radical (unpaired) electrons. The van der Waals surface area contributed by atoms with Crippen LogP contribution in [0.3, 0.4) is 0 Å². The minimum Gasteiger partial charge on any atom is -0.493 e. The molecule has 7 nitrogen and oxygen atoms in total. The molecule has 3 heterocycles. The molecule has 148 valence electrons. The number of amides is 1. The van der Waals surface area contributed by atoms with Crippen molar-refractivity contribution in [3.05, 3.63) is 54.4 Å². The van der Waals surface area contributed by atoms with Crippen LogP contribution in [-0.4, -0.2) is 27.0 Å². The van der Waals surface area contributed by atoms with Crippen LogP contribution < -0.4 is 11.1 Å². The topological polar surface area (TPSA) is 95.1 Å². The van der Waals surface area contributed by atoms with Gasteiger partial charge in [0.25, 0.3) is 5.91 Å². The first kappa shape index (κ1) is 18.7. The zero-order valence-corrected chi connectivity index (χ0v) is 16.5. The number of anilines is 2. The van der Waals surface area contributed by atoms with Crippen molar-refractivity contribution >= 4 is 34.2 Å². The number of nitrogen functional groups attached to an aromatic ring is 1. The molecule has 0 fully saturated rings. The van der Waals surface area contributed by atoms with Gasteiger partial charge in [0.05, 0.1) is 23.3 Å². The Morgan fingerprint density at radius 3 is 2.69 bits per heavy atom. The summed E-state index contributed by atoms with van der Waals surface area (Å²) in [5, 5.41) is 3.61. The van der Waals surface area contributed by atoms with Gasteiger partial charge in [0.2, 0.25) is 0 Å². The number of carbonyl (C=O) groups is 1. The van der Waals surface area contributed by atoms with Crippen molar-refractivity contribution < 1.29 is 9.53 Å². The highest BCUT2D eigenvalue weighted by atomic mass is 16.5. The molecule has 0 saturated heterocycles. The Morgan fingerprint density at radius 1 is 1.28 bits per heavy atom. The SMILES string of the molecule is C=C(C)C(=O)Nc1ccc(-c2c(C3=CCCCO3)c3c(N)ncnc3n2C)cc1. The fraction of sp³-hybridized carbons (Fsp3) is 0.227. The molecular weight excluding hydrogens is 366 g/mol. The zero-order chi connectivity index (χ0) is 20.5. The lowest BCUT2D eigenvalue weighted by Crippen LogP contribution is -2.11. The van der Waals surface area contributed by atoms with Crippen LogP contribution in [0.25, 0.3) is 28.0 Å². The molecule has 2 aromatic heterocycles. The molecule has 1 amide bonds. The van der Waals surface area contributed by atoms with Gasteiger partial charge in [0.15, 0.2) is 0 Å². The number of ether oxygens (including phenoxy) is 1. The summed E-state index contributed by atoms with van der Waals surface area (Å²) in [4.78, 5) is 20.5. The molecule has 4 rings (SSSR count). The number of hydrogen-bond acceptors (Lipinski definition) is 5. The number of aryl methyl sites for hydroxylation is 1. The molecule has 3 N–H and O–H groups in total. The molecule has 1 aromatic carbocycles. The maximum Gasteiger partial charge on any atom is 0.250 e. The van der Waals surface area contributed by atoms with Gasteiger partial charge in [-0.1, -0.05) is 18.7 Å². The lowest BCUT2D eigenvalue weighted by atomic mass is 10.0. The van der Waals surface area contributed by atoms with Gasteiger partial charge >= 0.3 is 0 Å². The van der Waals surface area contributed by atoms with Crippen LogP contribution in [-0.2, 0) is 16.6 Å². The lowest BCUT2D eigenvalue weighted by Gasteiger charge is -2.17. The number of aromatic nitrogens is 3. The van der Waals surface area contributed by atoms with Crippen LogP contribution in [0.5, 0.6) is 0 Å². The Kier molecular flexibility index (Phi) is 4.80. The van der Waals surface area contributed by atoms with E-state index in [1.54, 1.807) is 6.92 Å². The van der Waals surface area contributed by atoms with Gasteiger partial charge in [0.1, 0.15) is 23.6 Å². The quantitative estimate of drug-likeness (QED) is 0.660. The third-order valence-corrected chi connectivity index (χ3v) is 4.98. The highest BCUT2D eigenvalue weighted by Crippen LogP contribution is 2.40. The fourth-order valence-electron chi connectivity index (χ4n) is 3.53. The van der Waals surface area contributed by atoms with E-state index in [4.69, 9.17) is 10.5 Å². The van der Waals surface area contributed by atoms with Gasteiger partial charge in [-0.2, -0.15) is 0 Å². The fourth-order valence-corrected chi connectivity index (χ4v) is 3.53. The van der Waals surface area contributed by atoms with E-state index in [0.717, 1.165) is 46.5 Å². The van der Waals surface area contributed by atoms with E-state index in [2.05, 4.69) is 27.9 Å². The van der Waals surface area contributed by atoms with Crippen molar-refractivity contribution in [1.82, 2.24) is 14.5 Å². The Bertz CT molecular complexity index is 1140. The number of fused-ring (bicyclic) bond motifs is 1. The first-order chi connectivity index (χ1) is 14.0. The van der Waals surface area contributed by atoms with Crippen molar-refractivity contribution in [3.63, 3.8) is 0 Å². The Balaban J connectivity index is 1.86. The summed E-state index contributed by atoms with van der Waals surface area (Å²) < 4.78 is 7.98. The molecule has 0 saturated carbocycles. The number of allylic oxidation sites excluding steroid dienone is 1. The summed E-state index contributed by atoms with van der Waals surface area (Å²) in [6.07, 6.45) is 5.50. The van der Waals surface area contributed by atoms with Gasteiger partial charge in [-0.3, -0.25) is 4.79 Å². The van der Waals surface area contributed by atoms with Crippen LogP contribution in [0.2, 0.25) is 0 Å². The van der Waals surface area contributed by atoms with Crippen molar-refractivity contribution in [2.24, 2.45) is 7.05 Å². The summed E-state index contributed by atoms with van der Waals surface area (Å²) in [5.74, 6) is 1.03. The maximum absolute atomic E-state index is 11.9. The van der Waals surface area contributed by atoms with Crippen molar-refractivity contribution in [2.75, 3.05) is 17.7 Å². The molecule has 0 spiro atoms. The largest absolute Gasteiger partial charge is 0.493 e. The zero-order valence-electron chi connectivity index (χ0n) is 16.5. The number of nitrogens with one attached hydrogen (secondary N) is 1. The van der Waals surface area contributed by atoms with E-state index in [1.165, 1.54) is 6.33 Å². The smallest absolute Gasteiger partial charge is 0.250 e. The Hall–Kier alpha value is -3.61. The van der Waals surface area contributed by atoms with Gasteiger partial charge in [-0.15, -0.1) is 0 Å². The van der Waals surface area contributed by atoms with Crippen LogP contribution in [0.4, 0.5) is 11.5 Å². The third-order valence-electron chi connectivity index (χ3n) is 4.98. The number of carbonyl (C=O) groups excluding carboxylic acids is 1. The average molecular weight is 389 g/mol. The molecule has 7 heteroatoms. The Labute approximate surface area is 168 Å². The number of rotatable bonds is 4. The first-order valence-corrected chi connectivity index (χ1v) is 9.47.